The van der Waals surface area contributed by atoms with E-state index in [9.17, 15) is 9.59 Å². The molecule has 1 saturated heterocycles. The van der Waals surface area contributed by atoms with Crippen LogP contribution in [0.1, 0.15) is 38.7 Å². The van der Waals surface area contributed by atoms with Gasteiger partial charge in [-0.3, -0.25) is 9.59 Å². The lowest BCUT2D eigenvalue weighted by atomic mass is 9.89. The second-order valence-corrected chi connectivity index (χ2v) is 6.78. The second kappa shape index (κ2) is 6.08. The zero-order valence-corrected chi connectivity index (χ0v) is 13.6. The van der Waals surface area contributed by atoms with E-state index in [1.807, 2.05) is 38.1 Å². The second-order valence-electron chi connectivity index (χ2n) is 5.92. The van der Waals surface area contributed by atoms with Crippen LogP contribution in [0.4, 0.5) is 0 Å². The van der Waals surface area contributed by atoms with Gasteiger partial charge in [0.2, 0.25) is 5.91 Å². The Hall–Kier alpha value is -1.16. The van der Waals surface area contributed by atoms with Crippen LogP contribution in [0.5, 0.6) is 0 Å². The lowest BCUT2D eigenvalue weighted by Gasteiger charge is -2.41. The van der Waals surface area contributed by atoms with E-state index in [2.05, 4.69) is 15.9 Å². The molecule has 1 aromatic carbocycles. The highest BCUT2D eigenvalue weighted by Gasteiger charge is 2.36. The minimum absolute atomic E-state index is 0.0683. The zero-order valence-electron chi connectivity index (χ0n) is 12.0. The Bertz CT molecular complexity index is 525. The number of carbonyl (C=O) groups is 2. The van der Waals surface area contributed by atoms with E-state index in [4.69, 9.17) is 0 Å². The smallest absolute Gasteiger partial charge is 0.223 e. The molecule has 0 atom stereocenters. The molecule has 0 bridgehead atoms. The molecule has 0 spiro atoms. The number of amides is 1. The molecule has 0 N–H and O–H groups in total. The molecule has 1 aliphatic rings. The Balaban J connectivity index is 2.01. The van der Waals surface area contributed by atoms with Gasteiger partial charge in [-0.15, -0.1) is 0 Å². The summed E-state index contributed by atoms with van der Waals surface area (Å²) in [7, 11) is 0. The summed E-state index contributed by atoms with van der Waals surface area (Å²) < 4.78 is 1.03. The number of nitrogens with zero attached hydrogens (tertiary/aromatic N) is 1. The first kappa shape index (κ1) is 15.2. The predicted octanol–water partition coefficient (Wildman–Crippen LogP) is 3.35. The van der Waals surface area contributed by atoms with Gasteiger partial charge in [0, 0.05) is 22.9 Å². The van der Waals surface area contributed by atoms with Crippen LogP contribution in [0.25, 0.3) is 0 Å². The maximum atomic E-state index is 12.4. The summed E-state index contributed by atoms with van der Waals surface area (Å²) in [5.41, 5.74) is 0.917. The summed E-state index contributed by atoms with van der Waals surface area (Å²) in [6, 6.07) is 7.93. The van der Waals surface area contributed by atoms with E-state index in [1.165, 1.54) is 0 Å². The summed E-state index contributed by atoms with van der Waals surface area (Å²) >= 11 is 3.50. The monoisotopic (exact) mass is 337 g/mol. The Morgan fingerprint density at radius 2 is 2.05 bits per heavy atom. The van der Waals surface area contributed by atoms with Crippen molar-refractivity contribution in [2.75, 3.05) is 6.54 Å². The highest BCUT2D eigenvalue weighted by Crippen LogP contribution is 2.27. The third kappa shape index (κ3) is 3.48. The molecule has 1 amide bonds. The summed E-state index contributed by atoms with van der Waals surface area (Å²) in [5.74, 6) is 0.234. The Kier molecular flexibility index (Phi) is 4.63. The number of halogens is 1. The third-order valence-corrected chi connectivity index (χ3v) is 4.72. The minimum Gasteiger partial charge on any atom is -0.330 e. The van der Waals surface area contributed by atoms with Crippen LogP contribution >= 0.6 is 15.9 Å². The largest absolute Gasteiger partial charge is 0.330 e. The molecule has 0 unspecified atom stereocenters. The van der Waals surface area contributed by atoms with Gasteiger partial charge >= 0.3 is 0 Å². The van der Waals surface area contributed by atoms with Crippen molar-refractivity contribution in [1.29, 1.82) is 0 Å². The topological polar surface area (TPSA) is 37.4 Å². The minimum atomic E-state index is -0.209. The Morgan fingerprint density at radius 1 is 1.35 bits per heavy atom. The van der Waals surface area contributed by atoms with Crippen molar-refractivity contribution in [3.8, 4) is 0 Å². The summed E-state index contributed by atoms with van der Waals surface area (Å²) in [6.07, 6.45) is 2.48. The molecular formula is C16H20BrNO2. The van der Waals surface area contributed by atoms with Gasteiger partial charge in [0.1, 0.15) is 0 Å². The molecule has 20 heavy (non-hydrogen) atoms. The van der Waals surface area contributed by atoms with Gasteiger partial charge in [-0.1, -0.05) is 34.1 Å². The van der Waals surface area contributed by atoms with Crippen LogP contribution in [0, 0.1) is 0 Å². The van der Waals surface area contributed by atoms with Gasteiger partial charge in [0.15, 0.2) is 5.78 Å². The SMILES string of the molecule is CC1(C)CCC(=O)CN1C(=O)CCc1ccccc1Br. The first-order chi connectivity index (χ1) is 9.40. The molecule has 3 nitrogen and oxygen atoms in total. The molecule has 1 aliphatic heterocycles. The highest BCUT2D eigenvalue weighted by atomic mass is 79.9. The highest BCUT2D eigenvalue weighted by molar-refractivity contribution is 9.10. The van der Waals surface area contributed by atoms with Gasteiger partial charge < -0.3 is 4.90 Å². The van der Waals surface area contributed by atoms with Crippen LogP contribution < -0.4 is 0 Å². The average molecular weight is 338 g/mol. The number of hydrogen-bond donors (Lipinski definition) is 0. The number of benzene rings is 1. The molecule has 0 aliphatic carbocycles. The van der Waals surface area contributed by atoms with Crippen LogP contribution in [0.15, 0.2) is 28.7 Å². The normalized spacial score (nSPS) is 18.1. The molecule has 108 valence electrons. The van der Waals surface area contributed by atoms with E-state index in [1.54, 1.807) is 4.90 Å². The lowest BCUT2D eigenvalue weighted by molar-refractivity contribution is -0.144. The van der Waals surface area contributed by atoms with E-state index in [0.717, 1.165) is 16.5 Å². The van der Waals surface area contributed by atoms with Gasteiger partial charge in [-0.25, -0.2) is 0 Å². The summed E-state index contributed by atoms with van der Waals surface area (Å²) in [5, 5.41) is 0. The number of aryl methyl sites for hydroxylation is 1. The van der Waals surface area contributed by atoms with E-state index in [0.29, 0.717) is 19.3 Å². The van der Waals surface area contributed by atoms with Gasteiger partial charge in [-0.05, 0) is 38.3 Å². The van der Waals surface area contributed by atoms with Crippen molar-refractivity contribution in [3.05, 3.63) is 34.3 Å². The average Bonchev–Trinajstić information content (AvgIpc) is 2.40. The number of Topliss-reactive ketones (excluding diaryl/α,β-unsaturated/α-hetero) is 1. The first-order valence-corrected chi connectivity index (χ1v) is 7.75. The standard InChI is InChI=1S/C16H20BrNO2/c1-16(2)10-9-13(19)11-18(16)15(20)8-7-12-5-3-4-6-14(12)17/h3-6H,7-11H2,1-2H3. The third-order valence-electron chi connectivity index (χ3n) is 3.95. The summed E-state index contributed by atoms with van der Waals surface area (Å²) in [6.45, 7) is 4.34. The number of likely N-dealkylation sites (tertiary alicyclic amines) is 1. The summed E-state index contributed by atoms with van der Waals surface area (Å²) in [4.78, 5) is 25.7. The van der Waals surface area contributed by atoms with Gasteiger partial charge in [0.25, 0.3) is 0 Å². The van der Waals surface area contributed by atoms with Crippen LogP contribution in [0.3, 0.4) is 0 Å². The van der Waals surface area contributed by atoms with Crippen molar-refractivity contribution in [1.82, 2.24) is 4.90 Å². The van der Waals surface area contributed by atoms with Crippen LogP contribution in [0.2, 0.25) is 0 Å². The maximum Gasteiger partial charge on any atom is 0.223 e. The van der Waals surface area contributed by atoms with Gasteiger partial charge in [-0.2, -0.15) is 0 Å². The number of rotatable bonds is 3. The molecule has 0 saturated carbocycles. The number of piperidine rings is 1. The van der Waals surface area contributed by atoms with Gasteiger partial charge in [0.05, 0.1) is 6.54 Å². The fourth-order valence-corrected chi connectivity index (χ4v) is 3.04. The molecule has 4 heteroatoms. The Morgan fingerprint density at radius 3 is 2.75 bits per heavy atom. The molecular weight excluding hydrogens is 318 g/mol. The van der Waals surface area contributed by atoms with Crippen molar-refractivity contribution >= 4 is 27.6 Å². The number of carbonyl (C=O) groups excluding carboxylic acids is 2. The van der Waals surface area contributed by atoms with Crippen LogP contribution in [-0.4, -0.2) is 28.7 Å². The molecule has 0 radical (unpaired) electrons. The number of ketones is 1. The molecule has 2 rings (SSSR count). The predicted molar refractivity (Wildman–Crippen MR) is 82.5 cm³/mol. The van der Waals surface area contributed by atoms with Crippen molar-refractivity contribution in [2.24, 2.45) is 0 Å². The Labute approximate surface area is 128 Å². The van der Waals surface area contributed by atoms with Crippen molar-refractivity contribution in [3.63, 3.8) is 0 Å². The fourth-order valence-electron chi connectivity index (χ4n) is 2.55. The fraction of sp³-hybridized carbons (Fsp3) is 0.500. The molecule has 1 heterocycles. The van der Waals surface area contributed by atoms with E-state index >= 15 is 0 Å². The molecule has 1 fully saturated rings. The van der Waals surface area contributed by atoms with Crippen molar-refractivity contribution in [2.45, 2.75) is 45.1 Å². The van der Waals surface area contributed by atoms with E-state index in [-0.39, 0.29) is 23.8 Å². The van der Waals surface area contributed by atoms with Crippen LogP contribution in [-0.2, 0) is 16.0 Å². The van der Waals surface area contributed by atoms with E-state index < -0.39 is 0 Å². The number of hydrogen-bond acceptors (Lipinski definition) is 2. The first-order valence-electron chi connectivity index (χ1n) is 6.96. The van der Waals surface area contributed by atoms with Crippen molar-refractivity contribution < 1.29 is 9.59 Å². The maximum absolute atomic E-state index is 12.4. The molecule has 1 aromatic rings. The quantitative estimate of drug-likeness (QED) is 0.848. The zero-order chi connectivity index (χ0) is 14.8. The lowest BCUT2D eigenvalue weighted by Crippen LogP contribution is -2.53. The molecule has 0 aromatic heterocycles.